The van der Waals surface area contributed by atoms with Gasteiger partial charge in [0.2, 0.25) is 10.0 Å². The van der Waals surface area contributed by atoms with Crippen molar-refractivity contribution in [3.63, 3.8) is 0 Å². The first-order valence-electron chi connectivity index (χ1n) is 11.7. The van der Waals surface area contributed by atoms with Gasteiger partial charge in [0.25, 0.3) is 0 Å². The van der Waals surface area contributed by atoms with Crippen molar-refractivity contribution in [3.8, 4) is 0 Å². The monoisotopic (exact) mass is 555 g/mol. The highest BCUT2D eigenvalue weighted by molar-refractivity contribution is 7.89. The molecule has 0 amide bonds. The van der Waals surface area contributed by atoms with Gasteiger partial charge in [-0.2, -0.15) is 5.10 Å². The lowest BCUT2D eigenvalue weighted by molar-refractivity contribution is -0.130. The number of carbonyl (C=O) groups excluding carboxylic acids is 1. The molecule has 188 valence electrons. The van der Waals surface area contributed by atoms with E-state index in [0.29, 0.717) is 52.2 Å². The van der Waals surface area contributed by atoms with Crippen molar-refractivity contribution in [1.29, 1.82) is 0 Å². The molecule has 2 aromatic rings. The molecule has 6 nitrogen and oxygen atoms in total. The molecular weight excluding hydrogens is 529 g/mol. The average Bonchev–Trinajstić information content (AvgIpc) is 3.24. The van der Waals surface area contributed by atoms with Gasteiger partial charge in [-0.15, -0.1) is 0 Å². The maximum Gasteiger partial charge on any atom is 0.212 e. The van der Waals surface area contributed by atoms with Crippen molar-refractivity contribution in [2.75, 3.05) is 17.3 Å². The predicted octanol–water partition coefficient (Wildman–Crippen LogP) is 6.41. The third-order valence-electron chi connectivity index (χ3n) is 6.92. The lowest BCUT2D eigenvalue weighted by Gasteiger charge is -2.34. The van der Waals surface area contributed by atoms with Crippen LogP contribution in [0.4, 0.5) is 5.69 Å². The van der Waals surface area contributed by atoms with E-state index in [0.717, 1.165) is 18.4 Å². The summed E-state index contributed by atoms with van der Waals surface area (Å²) < 4.78 is 28.7. The van der Waals surface area contributed by atoms with Crippen LogP contribution in [-0.4, -0.2) is 32.2 Å². The zero-order valence-corrected chi connectivity index (χ0v) is 22.5. The Morgan fingerprint density at radius 1 is 1.09 bits per heavy atom. The normalized spacial score (nSPS) is 23.0. The second-order valence-electron chi connectivity index (χ2n) is 9.22. The molecule has 0 spiro atoms. The first-order valence-corrected chi connectivity index (χ1v) is 14.5. The molecule has 2 atom stereocenters. The lowest BCUT2D eigenvalue weighted by Crippen LogP contribution is -2.44. The largest absolute Gasteiger partial charge is 0.299 e. The van der Waals surface area contributed by atoms with Crippen molar-refractivity contribution >= 4 is 62.0 Å². The Balaban J connectivity index is 1.55. The van der Waals surface area contributed by atoms with Crippen LogP contribution in [0, 0.1) is 5.41 Å². The molecule has 1 saturated carbocycles. The fourth-order valence-electron chi connectivity index (χ4n) is 4.90. The molecule has 1 aliphatic heterocycles. The Kier molecular flexibility index (Phi) is 8.13. The zero-order chi connectivity index (χ0) is 25.2. The number of hydrogen-bond acceptors (Lipinski definition) is 5. The lowest BCUT2D eigenvalue weighted by atomic mass is 9.73. The van der Waals surface area contributed by atoms with Crippen LogP contribution in [0.2, 0.25) is 15.1 Å². The van der Waals surface area contributed by atoms with E-state index in [4.69, 9.17) is 39.9 Å². The van der Waals surface area contributed by atoms with Crippen LogP contribution in [-0.2, 0) is 14.8 Å². The molecule has 0 aromatic heterocycles. The van der Waals surface area contributed by atoms with Gasteiger partial charge in [0.15, 0.2) is 0 Å². The number of nitrogens with zero attached hydrogens (tertiary/aromatic N) is 2. The van der Waals surface area contributed by atoms with E-state index in [1.165, 1.54) is 0 Å². The number of anilines is 1. The number of rotatable bonds is 8. The molecule has 2 aliphatic rings. The minimum absolute atomic E-state index is 0.0567. The fraction of sp³-hybridized carbons (Fsp3) is 0.440. The third-order valence-corrected chi connectivity index (χ3v) is 9.23. The van der Waals surface area contributed by atoms with Gasteiger partial charge >= 0.3 is 0 Å². The van der Waals surface area contributed by atoms with E-state index in [1.54, 1.807) is 23.2 Å². The molecule has 0 bridgehead atoms. The number of ketones is 1. The molecule has 1 aliphatic carbocycles. The molecule has 35 heavy (non-hydrogen) atoms. The minimum atomic E-state index is -3.69. The molecule has 1 heterocycles. The van der Waals surface area contributed by atoms with Gasteiger partial charge in [-0.25, -0.2) is 13.1 Å². The molecule has 10 heteroatoms. The minimum Gasteiger partial charge on any atom is -0.299 e. The van der Waals surface area contributed by atoms with Crippen LogP contribution in [0.3, 0.4) is 0 Å². The van der Waals surface area contributed by atoms with Crippen molar-refractivity contribution < 1.29 is 13.2 Å². The number of hydrogen-bond donors (Lipinski definition) is 1. The van der Waals surface area contributed by atoms with Gasteiger partial charge < -0.3 is 0 Å². The highest BCUT2D eigenvalue weighted by atomic mass is 35.5. The Bertz CT molecular complexity index is 1230. The zero-order valence-electron chi connectivity index (χ0n) is 19.4. The number of Topliss-reactive ketones (excluding diaryl/α,β-unsaturated/α-hetero) is 1. The van der Waals surface area contributed by atoms with Crippen LogP contribution in [0.25, 0.3) is 0 Å². The Morgan fingerprint density at radius 2 is 1.80 bits per heavy atom. The second kappa shape index (κ2) is 10.8. The molecule has 4 rings (SSSR count). The molecule has 1 N–H and O–H groups in total. The van der Waals surface area contributed by atoms with Gasteiger partial charge in [-0.1, -0.05) is 60.3 Å². The van der Waals surface area contributed by atoms with Crippen LogP contribution < -0.4 is 9.73 Å². The number of halogens is 3. The topological polar surface area (TPSA) is 78.8 Å². The summed E-state index contributed by atoms with van der Waals surface area (Å²) in [6.45, 7) is 1.95. The van der Waals surface area contributed by atoms with Crippen molar-refractivity contribution in [1.82, 2.24) is 4.72 Å². The predicted molar refractivity (Wildman–Crippen MR) is 143 cm³/mol. The molecule has 1 fully saturated rings. The summed E-state index contributed by atoms with van der Waals surface area (Å²) in [5, 5.41) is 8.11. The van der Waals surface area contributed by atoms with Crippen LogP contribution >= 0.6 is 34.8 Å². The molecule has 2 unspecified atom stereocenters. The van der Waals surface area contributed by atoms with Gasteiger partial charge in [0, 0.05) is 28.3 Å². The van der Waals surface area contributed by atoms with E-state index in [2.05, 4.69) is 4.72 Å². The maximum atomic E-state index is 13.0. The average molecular weight is 557 g/mol. The Morgan fingerprint density at radius 3 is 2.46 bits per heavy atom. The van der Waals surface area contributed by atoms with Crippen LogP contribution in [0.1, 0.15) is 57.1 Å². The van der Waals surface area contributed by atoms with Crippen LogP contribution in [0.5, 0.6) is 0 Å². The SMILES string of the molecule is CCC1(CS(=O)(=O)NCC2=NN(c3ccc(Cl)cc3Cl)C(c3ccc(Cl)cc3)C2)CCCCC1=O. The summed E-state index contributed by atoms with van der Waals surface area (Å²) in [5.74, 6) is -0.128. The molecular formula is C25H28Cl3N3O3S. The Labute approximate surface area is 221 Å². The van der Waals surface area contributed by atoms with E-state index < -0.39 is 15.4 Å². The number of sulfonamides is 1. The van der Waals surface area contributed by atoms with Crippen molar-refractivity contribution in [3.05, 3.63) is 63.1 Å². The first-order chi connectivity index (χ1) is 16.6. The first kappa shape index (κ1) is 26.4. The smallest absolute Gasteiger partial charge is 0.212 e. The number of benzene rings is 2. The Hall–Kier alpha value is -1.64. The molecule has 0 radical (unpaired) electrons. The number of nitrogens with one attached hydrogen (secondary N) is 1. The molecule has 2 aromatic carbocycles. The summed E-state index contributed by atoms with van der Waals surface area (Å²) in [7, 11) is -3.69. The third kappa shape index (κ3) is 6.03. The molecule has 0 saturated heterocycles. The standard InChI is InChI=1S/C25H28Cl3N3O3S/c1-2-25(12-4-3-5-24(25)32)16-35(33,34)29-15-20-14-23(17-6-8-18(26)9-7-17)31(30-20)22-11-10-19(27)13-21(22)28/h6-11,13,23,29H,2-5,12,14-16H2,1H3. The highest BCUT2D eigenvalue weighted by Crippen LogP contribution is 2.40. The fourth-order valence-corrected chi connectivity index (χ4v) is 7.25. The van der Waals surface area contributed by atoms with Gasteiger partial charge in [0.05, 0.1) is 34.8 Å². The van der Waals surface area contributed by atoms with Gasteiger partial charge in [-0.05, 0) is 55.2 Å². The number of hydrazone groups is 1. The number of carbonyl (C=O) groups is 1. The van der Waals surface area contributed by atoms with Crippen molar-refractivity contribution in [2.24, 2.45) is 10.5 Å². The van der Waals surface area contributed by atoms with Gasteiger partial charge in [-0.3, -0.25) is 9.80 Å². The van der Waals surface area contributed by atoms with E-state index in [-0.39, 0.29) is 24.1 Å². The second-order valence-corrected chi connectivity index (χ2v) is 12.3. The summed E-state index contributed by atoms with van der Waals surface area (Å²) in [6, 6.07) is 12.5. The van der Waals surface area contributed by atoms with Gasteiger partial charge in [0.1, 0.15) is 5.78 Å². The van der Waals surface area contributed by atoms with E-state index in [9.17, 15) is 13.2 Å². The van der Waals surface area contributed by atoms with Crippen molar-refractivity contribution in [2.45, 2.75) is 51.5 Å². The summed E-state index contributed by atoms with van der Waals surface area (Å²) in [6.07, 6.45) is 3.80. The summed E-state index contributed by atoms with van der Waals surface area (Å²) >= 11 is 18.6. The van der Waals surface area contributed by atoms with E-state index in [1.807, 2.05) is 31.2 Å². The highest BCUT2D eigenvalue weighted by Gasteiger charge is 2.42. The quantitative estimate of drug-likeness (QED) is 0.407. The summed E-state index contributed by atoms with van der Waals surface area (Å²) in [5.41, 5.74) is 1.52. The van der Waals surface area contributed by atoms with Crippen LogP contribution in [0.15, 0.2) is 47.6 Å². The van der Waals surface area contributed by atoms with E-state index >= 15 is 0 Å². The maximum absolute atomic E-state index is 13.0. The summed E-state index contributed by atoms with van der Waals surface area (Å²) in [4.78, 5) is 12.6.